The average molecular weight is 287 g/mol. The van der Waals surface area contributed by atoms with Crippen LogP contribution in [0.2, 0.25) is 0 Å². The Labute approximate surface area is 124 Å². The van der Waals surface area contributed by atoms with Crippen LogP contribution in [0.25, 0.3) is 0 Å². The Hall–Kier alpha value is -2.14. The van der Waals surface area contributed by atoms with Crippen LogP contribution in [0.1, 0.15) is 23.4 Å². The summed E-state index contributed by atoms with van der Waals surface area (Å²) in [6, 6.07) is 9.64. The first-order valence-corrected chi connectivity index (χ1v) is 7.07. The number of rotatable bonds is 6. The molecular weight excluding hydrogens is 266 g/mol. The smallest absolute Gasteiger partial charge is 0.347 e. The Kier molecular flexibility index (Phi) is 5.11. The summed E-state index contributed by atoms with van der Waals surface area (Å²) in [5, 5.41) is 0. The van der Waals surface area contributed by atoms with Crippen LogP contribution in [-0.2, 0) is 13.1 Å². The topological polar surface area (TPSA) is 70.1 Å². The average Bonchev–Trinajstić information content (AvgIpc) is 2.45. The molecule has 0 aliphatic carbocycles. The highest BCUT2D eigenvalue weighted by molar-refractivity contribution is 5.28. The van der Waals surface area contributed by atoms with Gasteiger partial charge in [-0.25, -0.2) is 4.79 Å². The van der Waals surface area contributed by atoms with Gasteiger partial charge in [-0.15, -0.1) is 0 Å². The Bertz CT molecular complexity index is 665. The molecule has 2 aromatic rings. The van der Waals surface area contributed by atoms with Crippen LogP contribution >= 0.6 is 0 Å². The van der Waals surface area contributed by atoms with Crippen molar-refractivity contribution in [3.8, 4) is 5.75 Å². The molecule has 0 fully saturated rings. The minimum atomic E-state index is -0.197. The van der Waals surface area contributed by atoms with Crippen LogP contribution in [0.3, 0.4) is 0 Å². The lowest BCUT2D eigenvalue weighted by atomic mass is 10.2. The molecule has 5 heteroatoms. The quantitative estimate of drug-likeness (QED) is 0.822. The van der Waals surface area contributed by atoms with E-state index in [1.807, 2.05) is 44.2 Å². The molecule has 2 N–H and O–H groups in total. The molecule has 1 heterocycles. The van der Waals surface area contributed by atoms with Crippen molar-refractivity contribution in [3.05, 3.63) is 57.8 Å². The van der Waals surface area contributed by atoms with Gasteiger partial charge in [0.25, 0.3) is 0 Å². The maximum atomic E-state index is 11.8. The number of hydrogen-bond acceptors (Lipinski definition) is 4. The lowest BCUT2D eigenvalue weighted by Gasteiger charge is -2.11. The number of hydrogen-bond donors (Lipinski definition) is 1. The van der Waals surface area contributed by atoms with E-state index >= 15 is 0 Å². The van der Waals surface area contributed by atoms with E-state index in [0.29, 0.717) is 19.7 Å². The molecule has 0 aliphatic rings. The molecule has 0 radical (unpaired) electrons. The SMILES string of the molecule is Cc1cc(C)n(CCCOc2cccc(CN)c2)c(=O)n1. The standard InChI is InChI=1S/C16H21N3O2/c1-12-9-13(2)19(16(20)18-12)7-4-8-21-15-6-3-5-14(10-15)11-17/h3,5-6,9-10H,4,7-8,11,17H2,1-2H3. The van der Waals surface area contributed by atoms with E-state index in [-0.39, 0.29) is 5.69 Å². The first-order valence-electron chi connectivity index (χ1n) is 7.07. The van der Waals surface area contributed by atoms with Crippen molar-refractivity contribution in [1.82, 2.24) is 9.55 Å². The minimum Gasteiger partial charge on any atom is -0.494 e. The van der Waals surface area contributed by atoms with Gasteiger partial charge >= 0.3 is 5.69 Å². The number of nitrogens with zero attached hydrogens (tertiary/aromatic N) is 2. The summed E-state index contributed by atoms with van der Waals surface area (Å²) < 4.78 is 7.36. The zero-order valence-corrected chi connectivity index (χ0v) is 12.5. The summed E-state index contributed by atoms with van der Waals surface area (Å²) in [6.07, 6.45) is 0.748. The molecule has 1 aromatic carbocycles. The highest BCUT2D eigenvalue weighted by Gasteiger charge is 2.03. The van der Waals surface area contributed by atoms with Gasteiger partial charge in [-0.3, -0.25) is 4.57 Å². The normalized spacial score (nSPS) is 10.6. The van der Waals surface area contributed by atoms with Crippen molar-refractivity contribution in [1.29, 1.82) is 0 Å². The summed E-state index contributed by atoms with van der Waals surface area (Å²) in [5.74, 6) is 0.809. The van der Waals surface area contributed by atoms with Crippen molar-refractivity contribution >= 4 is 0 Å². The van der Waals surface area contributed by atoms with Crippen LogP contribution in [0.4, 0.5) is 0 Å². The summed E-state index contributed by atoms with van der Waals surface area (Å²) >= 11 is 0. The molecule has 0 saturated heterocycles. The van der Waals surface area contributed by atoms with Crippen molar-refractivity contribution in [2.24, 2.45) is 5.73 Å². The molecule has 0 amide bonds. The van der Waals surface area contributed by atoms with Gasteiger partial charge in [0.15, 0.2) is 0 Å². The Morgan fingerprint density at radius 2 is 2.10 bits per heavy atom. The van der Waals surface area contributed by atoms with Gasteiger partial charge in [-0.2, -0.15) is 4.98 Å². The van der Waals surface area contributed by atoms with E-state index in [0.717, 1.165) is 29.1 Å². The highest BCUT2D eigenvalue weighted by Crippen LogP contribution is 2.13. The van der Waals surface area contributed by atoms with Gasteiger partial charge in [0.1, 0.15) is 5.75 Å². The highest BCUT2D eigenvalue weighted by atomic mass is 16.5. The largest absolute Gasteiger partial charge is 0.494 e. The van der Waals surface area contributed by atoms with Crippen LogP contribution in [0, 0.1) is 13.8 Å². The van der Waals surface area contributed by atoms with Gasteiger partial charge in [0, 0.05) is 24.5 Å². The third kappa shape index (κ3) is 4.16. The fourth-order valence-corrected chi connectivity index (χ4v) is 2.22. The predicted octanol–water partition coefficient (Wildman–Crippen LogP) is 1.79. The van der Waals surface area contributed by atoms with Crippen LogP contribution in [0.5, 0.6) is 5.75 Å². The zero-order valence-electron chi connectivity index (χ0n) is 12.5. The third-order valence-corrected chi connectivity index (χ3v) is 3.28. The number of aryl methyl sites for hydroxylation is 2. The van der Waals surface area contributed by atoms with Gasteiger partial charge in [0.05, 0.1) is 6.61 Å². The fourth-order valence-electron chi connectivity index (χ4n) is 2.22. The number of benzene rings is 1. The lowest BCUT2D eigenvalue weighted by Crippen LogP contribution is -2.26. The molecule has 0 unspecified atom stereocenters. The predicted molar refractivity (Wildman–Crippen MR) is 82.4 cm³/mol. The van der Waals surface area contributed by atoms with Crippen LogP contribution in [-0.4, -0.2) is 16.2 Å². The number of aromatic nitrogens is 2. The fraction of sp³-hybridized carbons (Fsp3) is 0.375. The molecule has 0 atom stereocenters. The van der Waals surface area contributed by atoms with Crippen molar-refractivity contribution in [3.63, 3.8) is 0 Å². The van der Waals surface area contributed by atoms with Crippen LogP contribution < -0.4 is 16.2 Å². The lowest BCUT2D eigenvalue weighted by molar-refractivity contribution is 0.299. The van der Waals surface area contributed by atoms with Crippen LogP contribution in [0.15, 0.2) is 35.1 Å². The van der Waals surface area contributed by atoms with E-state index < -0.39 is 0 Å². The summed E-state index contributed by atoms with van der Waals surface area (Å²) in [5.41, 5.74) is 8.12. The Morgan fingerprint density at radius 1 is 1.29 bits per heavy atom. The van der Waals surface area contributed by atoms with E-state index in [4.69, 9.17) is 10.5 Å². The third-order valence-electron chi connectivity index (χ3n) is 3.28. The molecule has 2 rings (SSSR count). The molecule has 0 saturated carbocycles. The molecule has 0 spiro atoms. The second kappa shape index (κ2) is 7.04. The molecule has 0 bridgehead atoms. The Morgan fingerprint density at radius 3 is 2.81 bits per heavy atom. The van der Waals surface area contributed by atoms with Gasteiger partial charge < -0.3 is 10.5 Å². The van der Waals surface area contributed by atoms with Crippen molar-refractivity contribution < 1.29 is 4.74 Å². The molecule has 21 heavy (non-hydrogen) atoms. The van der Waals surface area contributed by atoms with Crippen molar-refractivity contribution in [2.45, 2.75) is 33.4 Å². The first-order chi connectivity index (χ1) is 10.1. The molecule has 0 aliphatic heterocycles. The number of nitrogens with two attached hydrogens (primary N) is 1. The zero-order chi connectivity index (χ0) is 15.2. The maximum absolute atomic E-state index is 11.8. The molecular formula is C16H21N3O2. The van der Waals surface area contributed by atoms with E-state index in [1.54, 1.807) is 4.57 Å². The molecule has 112 valence electrons. The summed E-state index contributed by atoms with van der Waals surface area (Å²) in [4.78, 5) is 15.8. The van der Waals surface area contributed by atoms with Gasteiger partial charge in [0.2, 0.25) is 0 Å². The van der Waals surface area contributed by atoms with E-state index in [9.17, 15) is 4.79 Å². The van der Waals surface area contributed by atoms with Gasteiger partial charge in [-0.05, 0) is 44.0 Å². The van der Waals surface area contributed by atoms with Gasteiger partial charge in [-0.1, -0.05) is 12.1 Å². The monoisotopic (exact) mass is 287 g/mol. The van der Waals surface area contributed by atoms with E-state index in [2.05, 4.69) is 4.98 Å². The van der Waals surface area contributed by atoms with Crippen molar-refractivity contribution in [2.75, 3.05) is 6.61 Å². The summed E-state index contributed by atoms with van der Waals surface area (Å²) in [6.45, 7) is 5.40. The molecule has 5 nitrogen and oxygen atoms in total. The Balaban J connectivity index is 1.89. The minimum absolute atomic E-state index is 0.197. The second-order valence-corrected chi connectivity index (χ2v) is 5.03. The maximum Gasteiger partial charge on any atom is 0.347 e. The van der Waals surface area contributed by atoms with E-state index in [1.165, 1.54) is 0 Å². The second-order valence-electron chi connectivity index (χ2n) is 5.03. The number of ether oxygens (including phenoxy) is 1. The summed E-state index contributed by atoms with van der Waals surface area (Å²) in [7, 11) is 0. The first kappa shape index (κ1) is 15.3. The molecule has 1 aromatic heterocycles.